The fraction of sp³-hybridized carbons (Fsp3) is 0.485. The van der Waals surface area contributed by atoms with Gasteiger partial charge in [0, 0.05) is 23.4 Å². The first kappa shape index (κ1) is 26.4. The molecule has 2 heterocycles. The molecule has 0 radical (unpaired) electrons. The molecule has 3 heteroatoms. The highest BCUT2D eigenvalue weighted by Gasteiger charge is 2.39. The molecule has 1 aromatic heterocycles. The zero-order chi connectivity index (χ0) is 25.4. The maximum atomic E-state index is 13.9. The summed E-state index contributed by atoms with van der Waals surface area (Å²) in [5.41, 5.74) is 4.37. The van der Waals surface area contributed by atoms with Crippen LogP contribution in [-0.4, -0.2) is 30.3 Å². The molecule has 1 atom stereocenters. The lowest BCUT2D eigenvalue weighted by Crippen LogP contribution is -2.41. The zero-order valence-corrected chi connectivity index (χ0v) is 22.5. The number of carbonyl (C=O) groups is 1. The van der Waals surface area contributed by atoms with E-state index >= 15 is 0 Å². The van der Waals surface area contributed by atoms with Crippen LogP contribution in [0.2, 0.25) is 0 Å². The van der Waals surface area contributed by atoms with Crippen molar-refractivity contribution < 1.29 is 9.21 Å². The predicted octanol–water partition coefficient (Wildman–Crippen LogP) is 8.44. The van der Waals surface area contributed by atoms with Crippen molar-refractivity contribution in [2.24, 2.45) is 5.92 Å². The highest BCUT2D eigenvalue weighted by atomic mass is 16.3. The van der Waals surface area contributed by atoms with Crippen LogP contribution >= 0.6 is 0 Å². The van der Waals surface area contributed by atoms with Gasteiger partial charge in [-0.15, -0.1) is 0 Å². The Bertz CT molecular complexity index is 1140. The lowest BCUT2D eigenvalue weighted by molar-refractivity contribution is -0.129. The fourth-order valence-corrected chi connectivity index (χ4v) is 6.03. The topological polar surface area (TPSA) is 33.5 Å². The Morgan fingerprint density at radius 1 is 0.972 bits per heavy atom. The van der Waals surface area contributed by atoms with Crippen LogP contribution in [0.5, 0.6) is 0 Å². The average molecular weight is 486 g/mol. The maximum Gasteiger partial charge on any atom is 0.146 e. The quantitative estimate of drug-likeness (QED) is 0.337. The summed E-state index contributed by atoms with van der Waals surface area (Å²) in [6.45, 7) is 9.14. The number of Topliss-reactive ketones (excluding diaryl/α,β-unsaturated/α-hetero) is 1. The molecular formula is C33H43NO2. The lowest BCUT2D eigenvalue weighted by Gasteiger charge is -2.35. The number of allylic oxidation sites excluding steroid dienone is 1. The van der Waals surface area contributed by atoms with Crippen LogP contribution in [0, 0.1) is 5.92 Å². The van der Waals surface area contributed by atoms with Gasteiger partial charge >= 0.3 is 0 Å². The first-order chi connectivity index (χ1) is 17.6. The Morgan fingerprint density at radius 3 is 2.53 bits per heavy atom. The standard InChI is InChI=1S/C31H37NO2.C2H6/c1-31(27-14-6-3-7-15-27,30(33)26-10-4-2-5-11-26)19-22-32-20-9-13-24(17-21-32)28-16-8-12-25-18-23-34-29(25)28;1-2/h3,6-8,12,14-18,23,26H,2,4-5,9-11,13,19-22H2,1H3;1-2H3. The number of fused-ring (bicyclic) bond motifs is 1. The molecule has 3 nitrogen and oxygen atoms in total. The second-order valence-corrected chi connectivity index (χ2v) is 10.4. The summed E-state index contributed by atoms with van der Waals surface area (Å²) >= 11 is 0. The molecule has 0 spiro atoms. The lowest BCUT2D eigenvalue weighted by atomic mass is 9.69. The van der Waals surface area contributed by atoms with Crippen LogP contribution in [0.4, 0.5) is 0 Å². The van der Waals surface area contributed by atoms with Gasteiger partial charge in [0.05, 0.1) is 11.7 Å². The molecule has 3 aromatic rings. The van der Waals surface area contributed by atoms with Crippen LogP contribution in [0.15, 0.2) is 71.4 Å². The summed E-state index contributed by atoms with van der Waals surface area (Å²) in [5.74, 6) is 0.692. The normalized spacial score (nSPS) is 19.0. The van der Waals surface area contributed by atoms with Crippen molar-refractivity contribution in [2.75, 3.05) is 19.6 Å². The summed E-state index contributed by atoms with van der Waals surface area (Å²) in [6.07, 6.45) is 13.0. The Labute approximate surface area is 217 Å². The van der Waals surface area contributed by atoms with Crippen LogP contribution in [-0.2, 0) is 10.2 Å². The van der Waals surface area contributed by atoms with Crippen molar-refractivity contribution in [2.45, 2.75) is 77.6 Å². The Balaban J connectivity index is 0.00000148. The third-order valence-electron chi connectivity index (χ3n) is 8.20. The van der Waals surface area contributed by atoms with Crippen molar-refractivity contribution in [3.05, 3.63) is 78.1 Å². The first-order valence-electron chi connectivity index (χ1n) is 14.1. The number of nitrogens with zero attached hydrogens (tertiary/aromatic N) is 1. The zero-order valence-electron chi connectivity index (χ0n) is 22.5. The van der Waals surface area contributed by atoms with Gasteiger partial charge in [0.1, 0.15) is 11.4 Å². The Hall–Kier alpha value is -2.65. The Kier molecular flexibility index (Phi) is 9.20. The summed E-state index contributed by atoms with van der Waals surface area (Å²) in [7, 11) is 0. The third kappa shape index (κ3) is 5.83. The number of furan rings is 1. The van der Waals surface area contributed by atoms with E-state index in [1.54, 1.807) is 6.26 Å². The number of rotatable bonds is 7. The van der Waals surface area contributed by atoms with Gasteiger partial charge in [-0.25, -0.2) is 0 Å². The molecule has 1 aliphatic heterocycles. The van der Waals surface area contributed by atoms with E-state index in [9.17, 15) is 4.79 Å². The minimum Gasteiger partial charge on any atom is -0.464 e. The van der Waals surface area contributed by atoms with Gasteiger partial charge in [0.25, 0.3) is 0 Å². The summed E-state index contributed by atoms with van der Waals surface area (Å²) in [5, 5.41) is 1.17. The number of para-hydroxylation sites is 1. The SMILES string of the molecule is CC.CC(CCN1CC=C(c2cccc3ccoc23)CCC1)(C(=O)C1CCCCC1)c1ccccc1. The molecule has 0 saturated heterocycles. The van der Waals surface area contributed by atoms with Gasteiger partial charge in [0.2, 0.25) is 0 Å². The number of benzene rings is 2. The van der Waals surface area contributed by atoms with Gasteiger partial charge in [-0.3, -0.25) is 9.69 Å². The maximum absolute atomic E-state index is 13.9. The second kappa shape index (κ2) is 12.5. The van der Waals surface area contributed by atoms with Crippen LogP contribution in [0.1, 0.15) is 83.3 Å². The summed E-state index contributed by atoms with van der Waals surface area (Å²) in [4.78, 5) is 16.4. The molecule has 0 bridgehead atoms. The predicted molar refractivity (Wildman–Crippen MR) is 151 cm³/mol. The van der Waals surface area contributed by atoms with E-state index in [1.807, 2.05) is 19.9 Å². The minimum absolute atomic E-state index is 0.225. The van der Waals surface area contributed by atoms with Gasteiger partial charge in [-0.2, -0.15) is 0 Å². The largest absolute Gasteiger partial charge is 0.464 e. The van der Waals surface area contributed by atoms with Crippen molar-refractivity contribution in [3.8, 4) is 0 Å². The number of carbonyl (C=O) groups excluding carboxylic acids is 1. The van der Waals surface area contributed by atoms with E-state index in [0.29, 0.717) is 5.78 Å². The van der Waals surface area contributed by atoms with Crippen LogP contribution < -0.4 is 0 Å². The van der Waals surface area contributed by atoms with Gasteiger partial charge in [-0.05, 0) is 69.3 Å². The van der Waals surface area contributed by atoms with E-state index < -0.39 is 5.41 Å². The van der Waals surface area contributed by atoms with E-state index in [2.05, 4.69) is 66.4 Å². The highest BCUT2D eigenvalue weighted by molar-refractivity contribution is 5.92. The molecule has 2 aromatic carbocycles. The van der Waals surface area contributed by atoms with E-state index in [1.165, 1.54) is 41.3 Å². The third-order valence-corrected chi connectivity index (χ3v) is 8.20. The van der Waals surface area contributed by atoms with Crippen molar-refractivity contribution >= 4 is 22.3 Å². The number of hydrogen-bond donors (Lipinski definition) is 0. The summed E-state index contributed by atoms with van der Waals surface area (Å²) in [6, 6.07) is 19.0. The monoisotopic (exact) mass is 485 g/mol. The first-order valence-corrected chi connectivity index (χ1v) is 14.1. The van der Waals surface area contributed by atoms with E-state index in [4.69, 9.17) is 4.42 Å². The van der Waals surface area contributed by atoms with Crippen LogP contribution in [0.25, 0.3) is 16.5 Å². The van der Waals surface area contributed by atoms with Crippen molar-refractivity contribution in [1.29, 1.82) is 0 Å². The van der Waals surface area contributed by atoms with Crippen molar-refractivity contribution in [3.63, 3.8) is 0 Å². The number of ketones is 1. The van der Waals surface area contributed by atoms with E-state index in [-0.39, 0.29) is 5.92 Å². The molecule has 1 unspecified atom stereocenters. The molecule has 192 valence electrons. The molecule has 1 saturated carbocycles. The smallest absolute Gasteiger partial charge is 0.146 e. The fourth-order valence-electron chi connectivity index (χ4n) is 6.03. The average Bonchev–Trinajstić information content (AvgIpc) is 3.31. The van der Waals surface area contributed by atoms with Gasteiger partial charge in [-0.1, -0.05) is 87.7 Å². The molecule has 2 aliphatic rings. The minimum atomic E-state index is -0.415. The van der Waals surface area contributed by atoms with Crippen LogP contribution in [0.3, 0.4) is 0 Å². The molecular weight excluding hydrogens is 442 g/mol. The molecule has 1 aliphatic carbocycles. The van der Waals surface area contributed by atoms with Gasteiger partial charge < -0.3 is 4.42 Å². The second-order valence-electron chi connectivity index (χ2n) is 10.4. The molecule has 5 rings (SSSR count). The van der Waals surface area contributed by atoms with Gasteiger partial charge in [0.15, 0.2) is 0 Å². The Morgan fingerprint density at radius 2 is 1.75 bits per heavy atom. The molecule has 36 heavy (non-hydrogen) atoms. The van der Waals surface area contributed by atoms with Crippen molar-refractivity contribution in [1.82, 2.24) is 4.90 Å². The van der Waals surface area contributed by atoms with E-state index in [0.717, 1.165) is 57.3 Å². The highest BCUT2D eigenvalue weighted by Crippen LogP contribution is 2.37. The number of hydrogen-bond acceptors (Lipinski definition) is 3. The summed E-state index contributed by atoms with van der Waals surface area (Å²) < 4.78 is 5.80. The molecule has 0 N–H and O–H groups in total. The molecule has 1 fully saturated rings. The molecule has 0 amide bonds.